The first-order valence-corrected chi connectivity index (χ1v) is 9.99. The molecule has 30 heavy (non-hydrogen) atoms. The Balaban J connectivity index is 2.08. The van der Waals surface area contributed by atoms with Crippen LogP contribution < -0.4 is 20.7 Å². The fraction of sp³-hybridized carbons (Fsp3) is 0.348. The SMILES string of the molecule is CCCNC(=O)c1cccc(NC(=O)C(NC(=O)c2ccc(OC)cc2)C(C)C)c1. The summed E-state index contributed by atoms with van der Waals surface area (Å²) in [4.78, 5) is 37.5. The number of amides is 3. The van der Waals surface area contributed by atoms with Crippen LogP contribution >= 0.6 is 0 Å². The molecule has 3 amide bonds. The van der Waals surface area contributed by atoms with E-state index in [1.807, 2.05) is 20.8 Å². The van der Waals surface area contributed by atoms with Crippen LogP contribution in [-0.4, -0.2) is 37.4 Å². The number of benzene rings is 2. The molecule has 0 radical (unpaired) electrons. The molecule has 0 bridgehead atoms. The van der Waals surface area contributed by atoms with Crippen molar-refractivity contribution < 1.29 is 19.1 Å². The average molecular weight is 412 g/mol. The molecule has 7 heteroatoms. The van der Waals surface area contributed by atoms with Gasteiger partial charge in [-0.15, -0.1) is 0 Å². The molecule has 0 aliphatic rings. The normalized spacial score (nSPS) is 11.5. The second kappa shape index (κ2) is 11.0. The van der Waals surface area contributed by atoms with Gasteiger partial charge in [-0.2, -0.15) is 0 Å². The minimum absolute atomic E-state index is 0.136. The third-order valence-electron chi connectivity index (χ3n) is 4.52. The van der Waals surface area contributed by atoms with Crippen molar-refractivity contribution in [2.45, 2.75) is 33.2 Å². The highest BCUT2D eigenvalue weighted by molar-refractivity contribution is 6.02. The summed E-state index contributed by atoms with van der Waals surface area (Å²) in [6, 6.07) is 12.6. The average Bonchev–Trinajstić information content (AvgIpc) is 2.75. The van der Waals surface area contributed by atoms with Gasteiger partial charge in [-0.3, -0.25) is 14.4 Å². The number of methoxy groups -OCH3 is 1. The van der Waals surface area contributed by atoms with E-state index >= 15 is 0 Å². The van der Waals surface area contributed by atoms with E-state index < -0.39 is 6.04 Å². The molecule has 160 valence electrons. The molecule has 0 heterocycles. The Kier molecular flexibility index (Phi) is 8.41. The molecule has 1 unspecified atom stereocenters. The zero-order valence-electron chi connectivity index (χ0n) is 17.8. The Hall–Kier alpha value is -3.35. The fourth-order valence-electron chi connectivity index (χ4n) is 2.80. The zero-order valence-corrected chi connectivity index (χ0v) is 17.8. The van der Waals surface area contributed by atoms with Crippen LogP contribution in [0.25, 0.3) is 0 Å². The number of hydrogen-bond donors (Lipinski definition) is 3. The fourth-order valence-corrected chi connectivity index (χ4v) is 2.80. The van der Waals surface area contributed by atoms with Crippen LogP contribution in [0, 0.1) is 5.92 Å². The van der Waals surface area contributed by atoms with E-state index in [1.54, 1.807) is 55.6 Å². The van der Waals surface area contributed by atoms with Crippen LogP contribution in [0.4, 0.5) is 5.69 Å². The molecule has 2 aromatic carbocycles. The number of ether oxygens (including phenoxy) is 1. The maximum atomic E-state index is 12.8. The van der Waals surface area contributed by atoms with Gasteiger partial charge in [0.15, 0.2) is 0 Å². The molecule has 7 nitrogen and oxygen atoms in total. The first-order chi connectivity index (χ1) is 14.3. The molecule has 0 saturated carbocycles. The van der Waals surface area contributed by atoms with Crippen LogP contribution in [0.2, 0.25) is 0 Å². The Morgan fingerprint density at radius 2 is 1.67 bits per heavy atom. The number of anilines is 1. The monoisotopic (exact) mass is 411 g/mol. The predicted octanol–water partition coefficient (Wildman–Crippen LogP) is 3.23. The Bertz CT molecular complexity index is 878. The molecule has 2 rings (SSSR count). The lowest BCUT2D eigenvalue weighted by Gasteiger charge is -2.22. The molecule has 0 fully saturated rings. The van der Waals surface area contributed by atoms with E-state index in [0.717, 1.165) is 6.42 Å². The van der Waals surface area contributed by atoms with E-state index in [2.05, 4.69) is 16.0 Å². The summed E-state index contributed by atoms with van der Waals surface area (Å²) in [5, 5.41) is 8.39. The first-order valence-electron chi connectivity index (χ1n) is 9.99. The molecule has 0 spiro atoms. The van der Waals surface area contributed by atoms with Crippen molar-refractivity contribution in [3.05, 3.63) is 59.7 Å². The van der Waals surface area contributed by atoms with Gasteiger partial charge < -0.3 is 20.7 Å². The summed E-state index contributed by atoms with van der Waals surface area (Å²) in [6.07, 6.45) is 0.839. The lowest BCUT2D eigenvalue weighted by Crippen LogP contribution is -2.47. The summed E-state index contributed by atoms with van der Waals surface area (Å²) in [5.74, 6) is -0.380. The van der Waals surface area contributed by atoms with E-state index in [1.165, 1.54) is 0 Å². The largest absolute Gasteiger partial charge is 0.497 e. The molecule has 2 aromatic rings. The highest BCUT2D eigenvalue weighted by atomic mass is 16.5. The van der Waals surface area contributed by atoms with Crippen LogP contribution in [0.15, 0.2) is 48.5 Å². The van der Waals surface area contributed by atoms with Crippen molar-refractivity contribution in [3.63, 3.8) is 0 Å². The van der Waals surface area contributed by atoms with Gasteiger partial charge in [0.2, 0.25) is 5.91 Å². The molecule has 0 saturated heterocycles. The highest BCUT2D eigenvalue weighted by Crippen LogP contribution is 2.15. The summed E-state index contributed by atoms with van der Waals surface area (Å²) < 4.78 is 5.10. The Morgan fingerprint density at radius 1 is 0.967 bits per heavy atom. The van der Waals surface area contributed by atoms with Gasteiger partial charge in [0.25, 0.3) is 11.8 Å². The van der Waals surface area contributed by atoms with E-state index in [4.69, 9.17) is 4.74 Å². The van der Waals surface area contributed by atoms with Crippen LogP contribution in [0.1, 0.15) is 47.9 Å². The van der Waals surface area contributed by atoms with Crippen LogP contribution in [0.3, 0.4) is 0 Å². The van der Waals surface area contributed by atoms with Crippen molar-refractivity contribution in [2.24, 2.45) is 5.92 Å². The van der Waals surface area contributed by atoms with Crippen molar-refractivity contribution in [3.8, 4) is 5.75 Å². The molecule has 0 aromatic heterocycles. The van der Waals surface area contributed by atoms with Gasteiger partial charge in [0.05, 0.1) is 7.11 Å². The zero-order chi connectivity index (χ0) is 22.1. The van der Waals surface area contributed by atoms with Crippen molar-refractivity contribution in [1.82, 2.24) is 10.6 Å². The maximum absolute atomic E-state index is 12.8. The van der Waals surface area contributed by atoms with Gasteiger partial charge in [0, 0.05) is 23.4 Å². The van der Waals surface area contributed by atoms with E-state index in [-0.39, 0.29) is 23.6 Å². The number of carbonyl (C=O) groups excluding carboxylic acids is 3. The van der Waals surface area contributed by atoms with Crippen molar-refractivity contribution >= 4 is 23.4 Å². The summed E-state index contributed by atoms with van der Waals surface area (Å²) in [7, 11) is 1.55. The van der Waals surface area contributed by atoms with Gasteiger partial charge in [0.1, 0.15) is 11.8 Å². The summed E-state index contributed by atoms with van der Waals surface area (Å²) >= 11 is 0. The lowest BCUT2D eigenvalue weighted by atomic mass is 10.0. The second-order valence-electron chi connectivity index (χ2n) is 7.25. The third-order valence-corrected chi connectivity index (χ3v) is 4.52. The lowest BCUT2D eigenvalue weighted by molar-refractivity contribution is -0.118. The first kappa shape index (κ1) is 22.9. The Morgan fingerprint density at radius 3 is 2.27 bits per heavy atom. The minimum Gasteiger partial charge on any atom is -0.497 e. The maximum Gasteiger partial charge on any atom is 0.251 e. The third kappa shape index (κ3) is 6.34. The van der Waals surface area contributed by atoms with Gasteiger partial charge in [-0.05, 0) is 54.8 Å². The van der Waals surface area contributed by atoms with Gasteiger partial charge >= 0.3 is 0 Å². The van der Waals surface area contributed by atoms with Gasteiger partial charge in [-0.25, -0.2) is 0 Å². The Labute approximate surface area is 177 Å². The topological polar surface area (TPSA) is 96.5 Å². The van der Waals surface area contributed by atoms with Crippen molar-refractivity contribution in [1.29, 1.82) is 0 Å². The summed E-state index contributed by atoms with van der Waals surface area (Å²) in [5.41, 5.74) is 1.39. The quantitative estimate of drug-likeness (QED) is 0.590. The molecular formula is C23H29N3O4. The molecule has 3 N–H and O–H groups in total. The minimum atomic E-state index is -0.739. The van der Waals surface area contributed by atoms with E-state index in [0.29, 0.717) is 29.1 Å². The molecular weight excluding hydrogens is 382 g/mol. The molecule has 0 aliphatic heterocycles. The molecule has 1 atom stereocenters. The number of carbonyl (C=O) groups is 3. The van der Waals surface area contributed by atoms with Crippen LogP contribution in [0.5, 0.6) is 5.75 Å². The second-order valence-corrected chi connectivity index (χ2v) is 7.25. The number of rotatable bonds is 9. The number of hydrogen-bond acceptors (Lipinski definition) is 4. The summed E-state index contributed by atoms with van der Waals surface area (Å²) in [6.45, 7) is 6.27. The van der Waals surface area contributed by atoms with Crippen LogP contribution in [-0.2, 0) is 4.79 Å². The smallest absolute Gasteiger partial charge is 0.251 e. The molecule has 0 aliphatic carbocycles. The highest BCUT2D eigenvalue weighted by Gasteiger charge is 2.25. The van der Waals surface area contributed by atoms with Gasteiger partial charge in [-0.1, -0.05) is 26.8 Å². The van der Waals surface area contributed by atoms with E-state index in [9.17, 15) is 14.4 Å². The number of nitrogens with one attached hydrogen (secondary N) is 3. The van der Waals surface area contributed by atoms with Crippen molar-refractivity contribution in [2.75, 3.05) is 19.0 Å². The predicted molar refractivity (Wildman–Crippen MR) is 117 cm³/mol. The standard InChI is InChI=1S/C23H29N3O4/c1-5-13-24-21(27)17-7-6-8-18(14-17)25-23(29)20(15(2)3)26-22(28)16-9-11-19(30-4)12-10-16/h6-12,14-15,20H,5,13H2,1-4H3,(H,24,27)(H,25,29)(H,26,28).